The molecule has 1 N–H and O–H groups in total. The number of aromatic nitrogens is 2. The summed E-state index contributed by atoms with van der Waals surface area (Å²) in [5.41, 5.74) is 1.51. The number of nitrogens with one attached hydrogen (secondary N) is 1. The van der Waals surface area contributed by atoms with E-state index in [9.17, 15) is 9.59 Å². The van der Waals surface area contributed by atoms with Crippen LogP contribution in [-0.2, 0) is 9.53 Å². The van der Waals surface area contributed by atoms with Gasteiger partial charge >= 0.3 is 5.97 Å². The molecule has 1 aliphatic heterocycles. The van der Waals surface area contributed by atoms with Gasteiger partial charge in [-0.25, -0.2) is 0 Å². The summed E-state index contributed by atoms with van der Waals surface area (Å²) in [5, 5.41) is 7.08. The molecule has 1 saturated carbocycles. The third-order valence-corrected chi connectivity index (χ3v) is 4.16. The Kier molecular flexibility index (Phi) is 3.94. The molecule has 1 aromatic heterocycles. The van der Waals surface area contributed by atoms with Crippen LogP contribution in [-0.4, -0.2) is 46.7 Å². The molecule has 2 fully saturated rings. The maximum Gasteiger partial charge on any atom is 0.310 e. The highest BCUT2D eigenvalue weighted by atomic mass is 16.5. The minimum Gasteiger partial charge on any atom is -0.466 e. The standard InChI is InChI=1S/C15H21N3O3/c1-2-21-15(20)11-4-3-7-18(9-11)14(19)13-8-12(16-17-13)10-5-6-10/h8,10-11H,2-7,9H2,1H3,(H,16,17). The molecule has 1 atom stereocenters. The molecule has 2 aliphatic rings. The second-order valence-corrected chi connectivity index (χ2v) is 5.83. The maximum absolute atomic E-state index is 12.5. The fourth-order valence-electron chi connectivity index (χ4n) is 2.83. The van der Waals surface area contributed by atoms with Gasteiger partial charge in [0.15, 0.2) is 0 Å². The number of ether oxygens (including phenoxy) is 1. The third kappa shape index (κ3) is 3.09. The van der Waals surface area contributed by atoms with Crippen molar-refractivity contribution in [3.63, 3.8) is 0 Å². The van der Waals surface area contributed by atoms with Crippen LogP contribution in [0.15, 0.2) is 6.07 Å². The summed E-state index contributed by atoms with van der Waals surface area (Å²) in [6.45, 7) is 3.30. The van der Waals surface area contributed by atoms with E-state index < -0.39 is 0 Å². The number of H-pyrrole nitrogens is 1. The number of esters is 1. The molecule has 1 aliphatic carbocycles. The minimum absolute atomic E-state index is 0.0906. The number of nitrogens with zero attached hydrogens (tertiary/aromatic N) is 2. The van der Waals surface area contributed by atoms with Crippen LogP contribution in [0, 0.1) is 5.92 Å². The van der Waals surface area contributed by atoms with Gasteiger partial charge < -0.3 is 9.64 Å². The lowest BCUT2D eigenvalue weighted by molar-refractivity contribution is -0.149. The van der Waals surface area contributed by atoms with Gasteiger partial charge in [0.05, 0.1) is 12.5 Å². The first-order chi connectivity index (χ1) is 10.2. The van der Waals surface area contributed by atoms with E-state index >= 15 is 0 Å². The van der Waals surface area contributed by atoms with Crippen LogP contribution in [0.2, 0.25) is 0 Å². The van der Waals surface area contributed by atoms with E-state index in [1.807, 2.05) is 6.07 Å². The van der Waals surface area contributed by atoms with Crippen LogP contribution < -0.4 is 0 Å². The zero-order chi connectivity index (χ0) is 14.8. The van der Waals surface area contributed by atoms with Crippen LogP contribution in [0.1, 0.15) is 54.7 Å². The van der Waals surface area contributed by atoms with Crippen LogP contribution in [0.5, 0.6) is 0 Å². The summed E-state index contributed by atoms with van der Waals surface area (Å²) in [7, 11) is 0. The van der Waals surface area contributed by atoms with E-state index in [1.54, 1.807) is 11.8 Å². The van der Waals surface area contributed by atoms with E-state index in [2.05, 4.69) is 10.2 Å². The van der Waals surface area contributed by atoms with Crippen molar-refractivity contribution in [3.8, 4) is 0 Å². The highest BCUT2D eigenvalue weighted by Gasteiger charge is 2.32. The Bertz CT molecular complexity index is 536. The van der Waals surface area contributed by atoms with Crippen molar-refractivity contribution < 1.29 is 14.3 Å². The predicted octanol–water partition coefficient (Wildman–Crippen LogP) is 1.70. The molecule has 6 heteroatoms. The SMILES string of the molecule is CCOC(=O)C1CCCN(C(=O)c2cc(C3CC3)[nH]n2)C1. The summed E-state index contributed by atoms with van der Waals surface area (Å²) in [5.74, 6) is 0.0556. The second-order valence-electron chi connectivity index (χ2n) is 5.83. The Morgan fingerprint density at radius 1 is 1.43 bits per heavy atom. The van der Waals surface area contributed by atoms with Crippen molar-refractivity contribution in [2.75, 3.05) is 19.7 Å². The normalized spacial score (nSPS) is 22.1. The molecule has 3 rings (SSSR count). The largest absolute Gasteiger partial charge is 0.466 e. The second kappa shape index (κ2) is 5.87. The molecular weight excluding hydrogens is 270 g/mol. The molecule has 2 heterocycles. The van der Waals surface area contributed by atoms with Crippen molar-refractivity contribution >= 4 is 11.9 Å². The van der Waals surface area contributed by atoms with Crippen LogP contribution in [0.3, 0.4) is 0 Å². The molecule has 0 bridgehead atoms. The smallest absolute Gasteiger partial charge is 0.310 e. The van der Waals surface area contributed by atoms with Gasteiger partial charge in [0.1, 0.15) is 5.69 Å². The maximum atomic E-state index is 12.5. The third-order valence-electron chi connectivity index (χ3n) is 4.16. The number of carbonyl (C=O) groups excluding carboxylic acids is 2. The first kappa shape index (κ1) is 14.1. The number of amides is 1. The zero-order valence-electron chi connectivity index (χ0n) is 12.3. The molecule has 6 nitrogen and oxygen atoms in total. The molecule has 1 amide bonds. The Balaban J connectivity index is 1.64. The van der Waals surface area contributed by atoms with E-state index in [-0.39, 0.29) is 17.8 Å². The number of likely N-dealkylation sites (tertiary alicyclic amines) is 1. The van der Waals surface area contributed by atoms with Gasteiger partial charge in [0.2, 0.25) is 0 Å². The summed E-state index contributed by atoms with van der Waals surface area (Å²) >= 11 is 0. The fourth-order valence-corrected chi connectivity index (χ4v) is 2.83. The lowest BCUT2D eigenvalue weighted by Crippen LogP contribution is -2.43. The van der Waals surface area contributed by atoms with Crippen molar-refractivity contribution in [3.05, 3.63) is 17.5 Å². The van der Waals surface area contributed by atoms with Gasteiger partial charge in [-0.2, -0.15) is 5.10 Å². The topological polar surface area (TPSA) is 75.3 Å². The summed E-state index contributed by atoms with van der Waals surface area (Å²) in [6.07, 6.45) is 3.96. The van der Waals surface area contributed by atoms with Crippen molar-refractivity contribution in [1.82, 2.24) is 15.1 Å². The Morgan fingerprint density at radius 3 is 2.95 bits per heavy atom. The van der Waals surface area contributed by atoms with E-state index in [0.717, 1.165) is 18.5 Å². The molecule has 0 aromatic carbocycles. The van der Waals surface area contributed by atoms with Gasteiger partial charge in [0.25, 0.3) is 5.91 Å². The predicted molar refractivity (Wildman–Crippen MR) is 75.8 cm³/mol. The summed E-state index contributed by atoms with van der Waals surface area (Å²) in [6, 6.07) is 1.86. The van der Waals surface area contributed by atoms with E-state index in [1.165, 1.54) is 12.8 Å². The number of hydrogen-bond donors (Lipinski definition) is 1. The Morgan fingerprint density at radius 2 is 2.24 bits per heavy atom. The van der Waals surface area contributed by atoms with E-state index in [4.69, 9.17) is 4.74 Å². The number of aromatic amines is 1. The Hall–Kier alpha value is -1.85. The molecule has 1 unspecified atom stereocenters. The van der Waals surface area contributed by atoms with E-state index in [0.29, 0.717) is 31.3 Å². The fraction of sp³-hybridized carbons (Fsp3) is 0.667. The minimum atomic E-state index is -0.204. The monoisotopic (exact) mass is 291 g/mol. The Labute approximate surface area is 123 Å². The highest BCUT2D eigenvalue weighted by molar-refractivity contribution is 5.92. The van der Waals surface area contributed by atoms with Gasteiger partial charge in [0, 0.05) is 24.7 Å². The molecular formula is C15H21N3O3. The first-order valence-corrected chi connectivity index (χ1v) is 7.70. The van der Waals surface area contributed by atoms with Crippen molar-refractivity contribution in [2.24, 2.45) is 5.92 Å². The van der Waals surface area contributed by atoms with Crippen LogP contribution in [0.4, 0.5) is 0 Å². The number of hydrogen-bond acceptors (Lipinski definition) is 4. The molecule has 0 radical (unpaired) electrons. The molecule has 114 valence electrons. The van der Waals surface area contributed by atoms with Crippen molar-refractivity contribution in [1.29, 1.82) is 0 Å². The van der Waals surface area contributed by atoms with Gasteiger partial charge in [-0.3, -0.25) is 14.7 Å². The number of rotatable bonds is 4. The average molecular weight is 291 g/mol. The first-order valence-electron chi connectivity index (χ1n) is 7.70. The number of piperidine rings is 1. The van der Waals surface area contributed by atoms with Crippen LogP contribution in [0.25, 0.3) is 0 Å². The van der Waals surface area contributed by atoms with Crippen molar-refractivity contribution in [2.45, 2.75) is 38.5 Å². The molecule has 0 spiro atoms. The van der Waals surface area contributed by atoms with Gasteiger partial charge in [-0.15, -0.1) is 0 Å². The molecule has 1 aromatic rings. The summed E-state index contributed by atoms with van der Waals surface area (Å²) in [4.78, 5) is 26.0. The lowest BCUT2D eigenvalue weighted by Gasteiger charge is -2.31. The van der Waals surface area contributed by atoms with Gasteiger partial charge in [-0.05, 0) is 38.7 Å². The quantitative estimate of drug-likeness (QED) is 0.857. The molecule has 1 saturated heterocycles. The average Bonchev–Trinajstić information content (AvgIpc) is 3.24. The van der Waals surface area contributed by atoms with Gasteiger partial charge in [-0.1, -0.05) is 0 Å². The summed E-state index contributed by atoms with van der Waals surface area (Å²) < 4.78 is 5.06. The van der Waals surface area contributed by atoms with Crippen LogP contribution >= 0.6 is 0 Å². The number of carbonyl (C=O) groups is 2. The lowest BCUT2D eigenvalue weighted by atomic mass is 9.98. The zero-order valence-corrected chi connectivity index (χ0v) is 12.3. The molecule has 21 heavy (non-hydrogen) atoms. The highest BCUT2D eigenvalue weighted by Crippen LogP contribution is 2.39.